The second kappa shape index (κ2) is 6.34. The third-order valence-corrected chi connectivity index (χ3v) is 3.79. The monoisotopic (exact) mass is 389 g/mol. The Morgan fingerprint density at radius 3 is 2.68 bits per heavy atom. The summed E-state index contributed by atoms with van der Waals surface area (Å²) in [5.74, 6) is -0.625. The van der Waals surface area contributed by atoms with Crippen LogP contribution >= 0.6 is 34.2 Å². The van der Waals surface area contributed by atoms with E-state index >= 15 is 0 Å². The Morgan fingerprint density at radius 1 is 1.26 bits per heavy atom. The molecule has 5 heteroatoms. The van der Waals surface area contributed by atoms with Crippen molar-refractivity contribution in [2.75, 3.05) is 0 Å². The molecule has 0 unspecified atom stereocenters. The topological polar surface area (TPSA) is 29.1 Å². The first-order chi connectivity index (χ1) is 9.08. The number of carbonyl (C=O) groups excluding carboxylic acids is 1. The van der Waals surface area contributed by atoms with Crippen molar-refractivity contribution in [2.24, 2.45) is 0 Å². The molecule has 2 aromatic carbocycles. The highest BCUT2D eigenvalue weighted by atomic mass is 127. The van der Waals surface area contributed by atoms with Crippen molar-refractivity contribution in [3.8, 4) is 0 Å². The van der Waals surface area contributed by atoms with Crippen LogP contribution in [0.3, 0.4) is 0 Å². The van der Waals surface area contributed by atoms with E-state index in [1.807, 2.05) is 18.2 Å². The van der Waals surface area contributed by atoms with Gasteiger partial charge in [0.1, 0.15) is 5.82 Å². The molecule has 1 N–H and O–H groups in total. The zero-order chi connectivity index (χ0) is 13.8. The Kier molecular flexibility index (Phi) is 4.76. The summed E-state index contributed by atoms with van der Waals surface area (Å²) in [4.78, 5) is 12.0. The average Bonchev–Trinajstić information content (AvgIpc) is 2.40. The lowest BCUT2D eigenvalue weighted by molar-refractivity contribution is 0.0950. The fraction of sp³-hybridized carbons (Fsp3) is 0.0714. The van der Waals surface area contributed by atoms with Crippen LogP contribution in [0, 0.1) is 9.39 Å². The molecule has 0 radical (unpaired) electrons. The molecular weight excluding hydrogens is 380 g/mol. The van der Waals surface area contributed by atoms with E-state index in [0.717, 1.165) is 9.13 Å². The summed E-state index contributed by atoms with van der Waals surface area (Å²) in [6.45, 7) is 0.309. The van der Waals surface area contributed by atoms with Gasteiger partial charge in [-0.25, -0.2) is 4.39 Å². The molecular formula is C14H10ClFINO. The van der Waals surface area contributed by atoms with Crippen molar-refractivity contribution >= 4 is 40.1 Å². The summed E-state index contributed by atoms with van der Waals surface area (Å²) in [5.41, 5.74) is 1.38. The molecule has 0 bridgehead atoms. The molecule has 0 spiro atoms. The average molecular weight is 390 g/mol. The first-order valence-electron chi connectivity index (χ1n) is 5.54. The summed E-state index contributed by atoms with van der Waals surface area (Å²) in [6.07, 6.45) is 0. The van der Waals surface area contributed by atoms with Crippen LogP contribution in [0.5, 0.6) is 0 Å². The zero-order valence-corrected chi connectivity index (χ0v) is 12.7. The van der Waals surface area contributed by atoms with Gasteiger partial charge in [-0.1, -0.05) is 29.8 Å². The van der Waals surface area contributed by atoms with Gasteiger partial charge in [0.05, 0.1) is 10.6 Å². The second-order valence-electron chi connectivity index (χ2n) is 3.91. The largest absolute Gasteiger partial charge is 0.348 e. The molecule has 0 saturated carbocycles. The Balaban J connectivity index is 2.04. The number of amides is 1. The molecule has 2 aromatic rings. The molecule has 98 valence electrons. The Labute approximate surface area is 129 Å². The Morgan fingerprint density at radius 2 is 2.00 bits per heavy atom. The van der Waals surface area contributed by atoms with Crippen LogP contribution in [0.1, 0.15) is 15.9 Å². The van der Waals surface area contributed by atoms with E-state index in [0.29, 0.717) is 12.1 Å². The van der Waals surface area contributed by atoms with E-state index in [-0.39, 0.29) is 10.9 Å². The molecule has 0 aliphatic rings. The maximum Gasteiger partial charge on any atom is 0.252 e. The predicted molar refractivity (Wildman–Crippen MR) is 81.7 cm³/mol. The van der Waals surface area contributed by atoms with Gasteiger partial charge in [0.2, 0.25) is 0 Å². The van der Waals surface area contributed by atoms with Gasteiger partial charge < -0.3 is 5.32 Å². The lowest BCUT2D eigenvalue weighted by Gasteiger charge is -2.07. The summed E-state index contributed by atoms with van der Waals surface area (Å²) in [7, 11) is 0. The van der Waals surface area contributed by atoms with E-state index in [9.17, 15) is 9.18 Å². The third kappa shape index (κ3) is 3.67. The van der Waals surface area contributed by atoms with Crippen molar-refractivity contribution in [1.82, 2.24) is 5.32 Å². The third-order valence-electron chi connectivity index (χ3n) is 2.56. The van der Waals surface area contributed by atoms with Crippen LogP contribution in [0.2, 0.25) is 5.02 Å². The molecule has 0 saturated heterocycles. The van der Waals surface area contributed by atoms with Crippen LogP contribution in [0.4, 0.5) is 4.39 Å². The molecule has 1 amide bonds. The van der Waals surface area contributed by atoms with Gasteiger partial charge in [0.25, 0.3) is 5.91 Å². The van der Waals surface area contributed by atoms with Gasteiger partial charge in [-0.2, -0.15) is 0 Å². The zero-order valence-electron chi connectivity index (χ0n) is 9.79. The standard InChI is InChI=1S/C14H10ClFINO/c15-11-7-9(5-6-12(11)16)8-18-14(19)10-3-1-2-4-13(10)17/h1-7H,8H2,(H,18,19). The van der Waals surface area contributed by atoms with Gasteiger partial charge in [-0.05, 0) is 52.4 Å². The Bertz CT molecular complexity index is 618. The molecule has 0 atom stereocenters. The molecule has 0 fully saturated rings. The number of carbonyl (C=O) groups is 1. The molecule has 0 heterocycles. The minimum absolute atomic E-state index is 0.0565. The highest BCUT2D eigenvalue weighted by Crippen LogP contribution is 2.16. The smallest absolute Gasteiger partial charge is 0.252 e. The van der Waals surface area contributed by atoms with Gasteiger partial charge >= 0.3 is 0 Å². The van der Waals surface area contributed by atoms with Crippen molar-refractivity contribution in [1.29, 1.82) is 0 Å². The van der Waals surface area contributed by atoms with E-state index in [2.05, 4.69) is 27.9 Å². The molecule has 0 aromatic heterocycles. The number of benzene rings is 2. The number of halogens is 3. The van der Waals surface area contributed by atoms with E-state index < -0.39 is 5.82 Å². The van der Waals surface area contributed by atoms with E-state index in [4.69, 9.17) is 11.6 Å². The number of hydrogen-bond acceptors (Lipinski definition) is 1. The maximum absolute atomic E-state index is 13.0. The first kappa shape index (κ1) is 14.3. The van der Waals surface area contributed by atoms with Crippen molar-refractivity contribution in [3.05, 3.63) is 68.0 Å². The highest BCUT2D eigenvalue weighted by Gasteiger charge is 2.09. The fourth-order valence-corrected chi connectivity index (χ4v) is 2.41. The SMILES string of the molecule is O=C(NCc1ccc(F)c(Cl)c1)c1ccccc1I. The quantitative estimate of drug-likeness (QED) is 0.790. The number of nitrogens with one attached hydrogen (secondary N) is 1. The van der Waals surface area contributed by atoms with Gasteiger partial charge in [-0.3, -0.25) is 4.79 Å². The summed E-state index contributed by atoms with van der Waals surface area (Å²) < 4.78 is 13.9. The van der Waals surface area contributed by atoms with Crippen molar-refractivity contribution < 1.29 is 9.18 Å². The molecule has 0 aliphatic carbocycles. The number of rotatable bonds is 3. The van der Waals surface area contributed by atoms with Crippen molar-refractivity contribution in [3.63, 3.8) is 0 Å². The van der Waals surface area contributed by atoms with Gasteiger partial charge in [0.15, 0.2) is 0 Å². The predicted octanol–water partition coefficient (Wildman–Crippen LogP) is 4.01. The van der Waals surface area contributed by atoms with Crippen LogP contribution in [-0.4, -0.2) is 5.91 Å². The molecule has 0 aliphatic heterocycles. The van der Waals surface area contributed by atoms with Crippen LogP contribution in [-0.2, 0) is 6.54 Å². The van der Waals surface area contributed by atoms with E-state index in [1.54, 1.807) is 12.1 Å². The molecule has 2 nitrogen and oxygen atoms in total. The van der Waals surface area contributed by atoms with Crippen LogP contribution in [0.25, 0.3) is 0 Å². The summed E-state index contributed by atoms with van der Waals surface area (Å²) in [5, 5.41) is 2.83. The normalized spacial score (nSPS) is 10.3. The lowest BCUT2D eigenvalue weighted by Crippen LogP contribution is -2.23. The van der Waals surface area contributed by atoms with Gasteiger partial charge in [-0.15, -0.1) is 0 Å². The minimum atomic E-state index is -0.464. The van der Waals surface area contributed by atoms with Crippen LogP contribution in [0.15, 0.2) is 42.5 Å². The molecule has 19 heavy (non-hydrogen) atoms. The summed E-state index contributed by atoms with van der Waals surface area (Å²) in [6, 6.07) is 11.7. The lowest BCUT2D eigenvalue weighted by atomic mass is 10.2. The van der Waals surface area contributed by atoms with Crippen molar-refractivity contribution in [2.45, 2.75) is 6.54 Å². The first-order valence-corrected chi connectivity index (χ1v) is 7.00. The second-order valence-corrected chi connectivity index (χ2v) is 5.48. The molecule has 2 rings (SSSR count). The number of hydrogen-bond donors (Lipinski definition) is 1. The van der Waals surface area contributed by atoms with E-state index in [1.165, 1.54) is 12.1 Å². The minimum Gasteiger partial charge on any atom is -0.348 e. The maximum atomic E-state index is 13.0. The van der Waals surface area contributed by atoms with Crippen LogP contribution < -0.4 is 5.32 Å². The highest BCUT2D eigenvalue weighted by molar-refractivity contribution is 14.1. The van der Waals surface area contributed by atoms with Gasteiger partial charge in [0, 0.05) is 10.1 Å². The Hall–Kier alpha value is -1.14. The summed E-state index contributed by atoms with van der Waals surface area (Å²) >= 11 is 7.79. The fourth-order valence-electron chi connectivity index (χ4n) is 1.57.